The first kappa shape index (κ1) is 19.4. The van der Waals surface area contributed by atoms with Crippen molar-refractivity contribution < 1.29 is 18.0 Å². The first-order chi connectivity index (χ1) is 12.8. The van der Waals surface area contributed by atoms with Crippen LogP contribution in [0.4, 0.5) is 13.2 Å². The van der Waals surface area contributed by atoms with E-state index in [0.717, 1.165) is 5.56 Å². The predicted octanol–water partition coefficient (Wildman–Crippen LogP) is 3.17. The SMILES string of the molecule is Cc1cc(C(F)F)nn1C(C)C(=O)N1CCN(Cc2ccc(F)cc2)CC1. The Morgan fingerprint density at radius 2 is 1.78 bits per heavy atom. The highest BCUT2D eigenvalue weighted by Gasteiger charge is 2.28. The fraction of sp³-hybridized carbons (Fsp3) is 0.474. The average Bonchev–Trinajstić information content (AvgIpc) is 3.05. The van der Waals surface area contributed by atoms with Crippen LogP contribution < -0.4 is 0 Å². The van der Waals surface area contributed by atoms with Crippen molar-refractivity contribution in [3.05, 3.63) is 53.1 Å². The fourth-order valence-electron chi connectivity index (χ4n) is 3.35. The molecule has 0 N–H and O–H groups in total. The molecule has 0 radical (unpaired) electrons. The molecule has 5 nitrogen and oxygen atoms in total. The summed E-state index contributed by atoms with van der Waals surface area (Å²) in [7, 11) is 0. The number of benzene rings is 1. The zero-order valence-corrected chi connectivity index (χ0v) is 15.4. The number of alkyl halides is 2. The highest BCUT2D eigenvalue weighted by atomic mass is 19.3. The van der Waals surface area contributed by atoms with Gasteiger partial charge in [0.25, 0.3) is 6.43 Å². The standard InChI is InChI=1S/C19H23F3N4O/c1-13-11-17(18(21)22)23-26(13)14(2)19(27)25-9-7-24(8-10-25)12-15-3-5-16(20)6-4-15/h3-6,11,14,18H,7-10,12H2,1-2H3. The lowest BCUT2D eigenvalue weighted by Gasteiger charge is -2.36. The quantitative estimate of drug-likeness (QED) is 0.800. The molecule has 1 aromatic heterocycles. The monoisotopic (exact) mass is 380 g/mol. The Kier molecular flexibility index (Phi) is 5.84. The number of amides is 1. The van der Waals surface area contributed by atoms with E-state index in [-0.39, 0.29) is 17.4 Å². The number of rotatable bonds is 5. The first-order valence-electron chi connectivity index (χ1n) is 8.95. The lowest BCUT2D eigenvalue weighted by Crippen LogP contribution is -2.50. The summed E-state index contributed by atoms with van der Waals surface area (Å²) in [5.41, 5.74) is 1.26. The lowest BCUT2D eigenvalue weighted by atomic mass is 10.2. The number of aryl methyl sites for hydroxylation is 1. The average molecular weight is 380 g/mol. The Morgan fingerprint density at radius 3 is 2.33 bits per heavy atom. The van der Waals surface area contributed by atoms with Gasteiger partial charge in [-0.2, -0.15) is 5.10 Å². The molecule has 0 spiro atoms. The second kappa shape index (κ2) is 8.12. The van der Waals surface area contributed by atoms with E-state index >= 15 is 0 Å². The van der Waals surface area contributed by atoms with Gasteiger partial charge in [-0.05, 0) is 37.6 Å². The number of carbonyl (C=O) groups excluding carboxylic acids is 1. The van der Waals surface area contributed by atoms with Gasteiger partial charge in [0.15, 0.2) is 0 Å². The summed E-state index contributed by atoms with van der Waals surface area (Å²) in [6, 6.07) is 7.09. The van der Waals surface area contributed by atoms with E-state index in [1.165, 1.54) is 22.9 Å². The van der Waals surface area contributed by atoms with Gasteiger partial charge >= 0.3 is 0 Å². The summed E-state index contributed by atoms with van der Waals surface area (Å²) in [6.45, 7) is 6.59. The number of halogens is 3. The topological polar surface area (TPSA) is 41.4 Å². The number of hydrogen-bond donors (Lipinski definition) is 0. The molecule has 0 bridgehead atoms. The van der Waals surface area contributed by atoms with E-state index in [1.54, 1.807) is 30.9 Å². The Bertz CT molecular complexity index is 783. The van der Waals surface area contributed by atoms with Gasteiger partial charge in [0, 0.05) is 38.4 Å². The highest BCUT2D eigenvalue weighted by molar-refractivity contribution is 5.80. The Balaban J connectivity index is 1.57. The summed E-state index contributed by atoms with van der Waals surface area (Å²) in [4.78, 5) is 16.7. The molecule has 2 aromatic rings. The van der Waals surface area contributed by atoms with E-state index in [0.29, 0.717) is 38.4 Å². The Labute approximate surface area is 156 Å². The summed E-state index contributed by atoms with van der Waals surface area (Å²) in [5.74, 6) is -0.379. The summed E-state index contributed by atoms with van der Waals surface area (Å²) >= 11 is 0. The zero-order valence-electron chi connectivity index (χ0n) is 15.4. The second-order valence-corrected chi connectivity index (χ2v) is 6.86. The van der Waals surface area contributed by atoms with E-state index in [4.69, 9.17) is 0 Å². The van der Waals surface area contributed by atoms with Crippen molar-refractivity contribution in [1.82, 2.24) is 19.6 Å². The van der Waals surface area contributed by atoms with Crippen molar-refractivity contribution in [2.24, 2.45) is 0 Å². The van der Waals surface area contributed by atoms with Crippen LogP contribution in [0, 0.1) is 12.7 Å². The third kappa shape index (κ3) is 4.50. The maximum Gasteiger partial charge on any atom is 0.282 e. The normalized spacial score (nSPS) is 16.7. The molecule has 1 fully saturated rings. The molecule has 0 saturated carbocycles. The maximum absolute atomic E-state index is 13.0. The molecule has 1 aromatic carbocycles. The summed E-state index contributed by atoms with van der Waals surface area (Å²) < 4.78 is 40.0. The van der Waals surface area contributed by atoms with Gasteiger partial charge in [-0.1, -0.05) is 12.1 Å². The van der Waals surface area contributed by atoms with Crippen LogP contribution >= 0.6 is 0 Å². The molecule has 1 amide bonds. The third-order valence-corrected chi connectivity index (χ3v) is 4.89. The minimum atomic E-state index is -2.65. The molecule has 1 unspecified atom stereocenters. The predicted molar refractivity (Wildman–Crippen MR) is 94.9 cm³/mol. The van der Waals surface area contributed by atoms with Crippen molar-refractivity contribution in [3.63, 3.8) is 0 Å². The molecule has 146 valence electrons. The molecule has 2 heterocycles. The molecule has 1 aliphatic heterocycles. The van der Waals surface area contributed by atoms with Gasteiger partial charge in [0.1, 0.15) is 17.6 Å². The number of aromatic nitrogens is 2. The number of piperazine rings is 1. The number of hydrogen-bond acceptors (Lipinski definition) is 3. The van der Waals surface area contributed by atoms with Crippen LogP contribution in [-0.2, 0) is 11.3 Å². The van der Waals surface area contributed by atoms with Gasteiger partial charge < -0.3 is 4.90 Å². The van der Waals surface area contributed by atoms with Crippen molar-refractivity contribution in [3.8, 4) is 0 Å². The largest absolute Gasteiger partial charge is 0.338 e. The number of nitrogens with zero attached hydrogens (tertiary/aromatic N) is 4. The van der Waals surface area contributed by atoms with E-state index in [1.807, 2.05) is 0 Å². The van der Waals surface area contributed by atoms with Crippen LogP contribution in [-0.4, -0.2) is 51.7 Å². The van der Waals surface area contributed by atoms with Crippen LogP contribution in [0.15, 0.2) is 30.3 Å². The van der Waals surface area contributed by atoms with Crippen molar-refractivity contribution in [2.45, 2.75) is 32.9 Å². The highest BCUT2D eigenvalue weighted by Crippen LogP contribution is 2.21. The van der Waals surface area contributed by atoms with Crippen LogP contribution in [0.3, 0.4) is 0 Å². The molecular formula is C19H23F3N4O. The minimum Gasteiger partial charge on any atom is -0.338 e. The Morgan fingerprint density at radius 1 is 1.15 bits per heavy atom. The second-order valence-electron chi connectivity index (χ2n) is 6.86. The molecule has 1 saturated heterocycles. The maximum atomic E-state index is 13.0. The van der Waals surface area contributed by atoms with Crippen molar-refractivity contribution in [1.29, 1.82) is 0 Å². The van der Waals surface area contributed by atoms with Gasteiger partial charge in [0.05, 0.1) is 0 Å². The van der Waals surface area contributed by atoms with Crippen molar-refractivity contribution >= 4 is 5.91 Å². The number of carbonyl (C=O) groups is 1. The molecular weight excluding hydrogens is 357 g/mol. The molecule has 1 atom stereocenters. The lowest BCUT2D eigenvalue weighted by molar-refractivity contribution is -0.136. The molecule has 27 heavy (non-hydrogen) atoms. The van der Waals surface area contributed by atoms with Gasteiger partial charge in [0.2, 0.25) is 5.91 Å². The smallest absolute Gasteiger partial charge is 0.282 e. The third-order valence-electron chi connectivity index (χ3n) is 4.89. The molecule has 1 aliphatic rings. The van der Waals surface area contributed by atoms with E-state index in [2.05, 4.69) is 10.00 Å². The zero-order chi connectivity index (χ0) is 19.6. The molecule has 0 aliphatic carbocycles. The van der Waals surface area contributed by atoms with Crippen LogP contribution in [0.2, 0.25) is 0 Å². The van der Waals surface area contributed by atoms with Crippen LogP contribution in [0.5, 0.6) is 0 Å². The van der Waals surface area contributed by atoms with Gasteiger partial charge in [-0.25, -0.2) is 13.2 Å². The summed E-state index contributed by atoms with van der Waals surface area (Å²) in [6.07, 6.45) is -2.65. The van der Waals surface area contributed by atoms with Gasteiger partial charge in [-0.15, -0.1) is 0 Å². The van der Waals surface area contributed by atoms with E-state index < -0.39 is 12.5 Å². The van der Waals surface area contributed by atoms with E-state index in [9.17, 15) is 18.0 Å². The fourth-order valence-corrected chi connectivity index (χ4v) is 3.35. The van der Waals surface area contributed by atoms with Crippen LogP contribution in [0.25, 0.3) is 0 Å². The van der Waals surface area contributed by atoms with Crippen molar-refractivity contribution in [2.75, 3.05) is 26.2 Å². The first-order valence-corrected chi connectivity index (χ1v) is 8.95. The van der Waals surface area contributed by atoms with Crippen LogP contribution in [0.1, 0.15) is 36.3 Å². The summed E-state index contributed by atoms with van der Waals surface area (Å²) in [5, 5.41) is 3.88. The minimum absolute atomic E-state index is 0.122. The van der Waals surface area contributed by atoms with Gasteiger partial charge in [-0.3, -0.25) is 14.4 Å². The Hall–Kier alpha value is -2.35. The molecule has 8 heteroatoms. The molecule has 3 rings (SSSR count).